The Morgan fingerprint density at radius 2 is 1.84 bits per heavy atom. The first-order valence-electron chi connectivity index (χ1n) is 6.28. The van der Waals surface area contributed by atoms with Crippen molar-refractivity contribution in [1.29, 1.82) is 0 Å². The minimum Gasteiger partial charge on any atom is -0.327 e. The van der Waals surface area contributed by atoms with Crippen molar-refractivity contribution in [2.24, 2.45) is 7.05 Å². The van der Waals surface area contributed by atoms with Gasteiger partial charge in [0.15, 0.2) is 0 Å². The maximum absolute atomic E-state index is 5.82. The van der Waals surface area contributed by atoms with Gasteiger partial charge in [-0.25, -0.2) is 4.98 Å². The summed E-state index contributed by atoms with van der Waals surface area (Å²) in [5, 5.41) is 0. The van der Waals surface area contributed by atoms with Gasteiger partial charge in [-0.1, -0.05) is 36.4 Å². The van der Waals surface area contributed by atoms with Crippen LogP contribution in [0.5, 0.6) is 0 Å². The number of benzene rings is 2. The summed E-state index contributed by atoms with van der Waals surface area (Å²) in [5.41, 5.74) is 5.72. The van der Waals surface area contributed by atoms with Crippen LogP contribution >= 0.6 is 11.6 Å². The first-order valence-corrected chi connectivity index (χ1v) is 6.81. The van der Waals surface area contributed by atoms with E-state index in [1.54, 1.807) is 0 Å². The van der Waals surface area contributed by atoms with E-state index < -0.39 is 0 Å². The van der Waals surface area contributed by atoms with Gasteiger partial charge in [-0.3, -0.25) is 0 Å². The quantitative estimate of drug-likeness (QED) is 0.635. The molecule has 0 unspecified atom stereocenters. The van der Waals surface area contributed by atoms with Gasteiger partial charge in [0.05, 0.1) is 11.0 Å². The fourth-order valence-corrected chi connectivity index (χ4v) is 2.64. The van der Waals surface area contributed by atoms with Gasteiger partial charge in [-0.15, -0.1) is 11.6 Å². The lowest BCUT2D eigenvalue weighted by Gasteiger charge is -2.04. The number of alkyl halides is 1. The normalized spacial score (nSPS) is 11.1. The standard InChI is InChI=1S/C16H15ClN2/c1-11-4-3-5-14-15(11)19(2)16(18-14)13-8-6-12(10-17)7-9-13/h3-9H,10H2,1-2H3. The van der Waals surface area contributed by atoms with Crippen molar-refractivity contribution >= 4 is 22.6 Å². The molecule has 0 radical (unpaired) electrons. The average molecular weight is 271 g/mol. The summed E-state index contributed by atoms with van der Waals surface area (Å²) in [7, 11) is 2.06. The molecular formula is C16H15ClN2. The molecule has 0 saturated heterocycles. The summed E-state index contributed by atoms with van der Waals surface area (Å²) in [6.07, 6.45) is 0. The molecule has 2 nitrogen and oxygen atoms in total. The summed E-state index contributed by atoms with van der Waals surface area (Å²) in [4.78, 5) is 4.73. The summed E-state index contributed by atoms with van der Waals surface area (Å²) in [6, 6.07) is 14.5. The lowest BCUT2D eigenvalue weighted by Crippen LogP contribution is -1.93. The molecule has 3 aromatic rings. The van der Waals surface area contributed by atoms with Crippen LogP contribution in [0.2, 0.25) is 0 Å². The first kappa shape index (κ1) is 12.2. The van der Waals surface area contributed by atoms with E-state index in [-0.39, 0.29) is 0 Å². The molecule has 1 heterocycles. The zero-order valence-corrected chi connectivity index (χ0v) is 11.8. The zero-order chi connectivity index (χ0) is 13.4. The van der Waals surface area contributed by atoms with Crippen LogP contribution in [0.1, 0.15) is 11.1 Å². The number of nitrogens with zero attached hydrogens (tertiary/aromatic N) is 2. The summed E-state index contributed by atoms with van der Waals surface area (Å²) < 4.78 is 2.15. The fraction of sp³-hybridized carbons (Fsp3) is 0.188. The second-order valence-electron chi connectivity index (χ2n) is 4.77. The van der Waals surface area contributed by atoms with E-state index in [9.17, 15) is 0 Å². The van der Waals surface area contributed by atoms with Gasteiger partial charge >= 0.3 is 0 Å². The maximum Gasteiger partial charge on any atom is 0.140 e. The molecule has 0 N–H and O–H groups in total. The highest BCUT2D eigenvalue weighted by Gasteiger charge is 2.10. The highest BCUT2D eigenvalue weighted by molar-refractivity contribution is 6.17. The molecule has 96 valence electrons. The smallest absolute Gasteiger partial charge is 0.140 e. The van der Waals surface area contributed by atoms with Gasteiger partial charge in [0.1, 0.15) is 5.82 Å². The Hall–Kier alpha value is -1.80. The Labute approximate surface area is 117 Å². The molecule has 3 heteroatoms. The van der Waals surface area contributed by atoms with Crippen molar-refractivity contribution in [3.8, 4) is 11.4 Å². The molecule has 19 heavy (non-hydrogen) atoms. The molecular weight excluding hydrogens is 256 g/mol. The highest BCUT2D eigenvalue weighted by atomic mass is 35.5. The van der Waals surface area contributed by atoms with Gasteiger partial charge < -0.3 is 4.57 Å². The summed E-state index contributed by atoms with van der Waals surface area (Å²) >= 11 is 5.82. The van der Waals surface area contributed by atoms with E-state index >= 15 is 0 Å². The lowest BCUT2D eigenvalue weighted by atomic mass is 10.1. The van der Waals surface area contributed by atoms with Crippen molar-refractivity contribution in [3.63, 3.8) is 0 Å². The van der Waals surface area contributed by atoms with Crippen molar-refractivity contribution in [2.75, 3.05) is 0 Å². The topological polar surface area (TPSA) is 17.8 Å². The van der Waals surface area contributed by atoms with E-state index in [1.165, 1.54) is 11.1 Å². The van der Waals surface area contributed by atoms with Gasteiger partial charge in [-0.05, 0) is 24.1 Å². The van der Waals surface area contributed by atoms with E-state index in [0.717, 1.165) is 22.5 Å². The fourth-order valence-electron chi connectivity index (χ4n) is 2.47. The van der Waals surface area contributed by atoms with Crippen molar-refractivity contribution < 1.29 is 0 Å². The molecule has 0 atom stereocenters. The Kier molecular flexibility index (Phi) is 3.03. The SMILES string of the molecule is Cc1cccc2nc(-c3ccc(CCl)cc3)n(C)c12. The molecule has 0 saturated carbocycles. The lowest BCUT2D eigenvalue weighted by molar-refractivity contribution is 0.955. The van der Waals surface area contributed by atoms with Crippen molar-refractivity contribution in [1.82, 2.24) is 9.55 Å². The third-order valence-corrected chi connectivity index (χ3v) is 3.77. The summed E-state index contributed by atoms with van der Waals surface area (Å²) in [5.74, 6) is 1.53. The van der Waals surface area contributed by atoms with Crippen molar-refractivity contribution in [3.05, 3.63) is 53.6 Å². The van der Waals surface area contributed by atoms with Crippen LogP contribution in [0.25, 0.3) is 22.4 Å². The minimum absolute atomic E-state index is 0.544. The molecule has 0 spiro atoms. The Morgan fingerprint density at radius 3 is 2.47 bits per heavy atom. The van der Waals surface area contributed by atoms with Crippen LogP contribution in [0, 0.1) is 6.92 Å². The number of imidazole rings is 1. The summed E-state index contributed by atoms with van der Waals surface area (Å²) in [6.45, 7) is 2.12. The number of hydrogen-bond donors (Lipinski definition) is 0. The number of aromatic nitrogens is 2. The number of rotatable bonds is 2. The molecule has 0 aliphatic rings. The third kappa shape index (κ3) is 2.02. The molecule has 0 amide bonds. The molecule has 3 rings (SSSR count). The van der Waals surface area contributed by atoms with Gasteiger partial charge in [0, 0.05) is 18.5 Å². The number of hydrogen-bond acceptors (Lipinski definition) is 1. The largest absolute Gasteiger partial charge is 0.327 e. The van der Waals surface area contributed by atoms with E-state index in [4.69, 9.17) is 16.6 Å². The van der Waals surface area contributed by atoms with Crippen LogP contribution in [0.3, 0.4) is 0 Å². The number of para-hydroxylation sites is 1. The highest BCUT2D eigenvalue weighted by Crippen LogP contribution is 2.26. The van der Waals surface area contributed by atoms with E-state index in [2.05, 4.69) is 54.9 Å². The van der Waals surface area contributed by atoms with Crippen LogP contribution in [0.4, 0.5) is 0 Å². The second kappa shape index (κ2) is 4.71. The second-order valence-corrected chi connectivity index (χ2v) is 5.03. The zero-order valence-electron chi connectivity index (χ0n) is 11.0. The maximum atomic E-state index is 5.82. The molecule has 0 aliphatic carbocycles. The van der Waals surface area contributed by atoms with Gasteiger partial charge in [0.25, 0.3) is 0 Å². The van der Waals surface area contributed by atoms with E-state index in [1.807, 2.05) is 6.07 Å². The Bertz CT molecular complexity index is 726. The number of halogens is 1. The molecule has 0 aliphatic heterocycles. The van der Waals surface area contributed by atoms with Crippen LogP contribution in [0.15, 0.2) is 42.5 Å². The van der Waals surface area contributed by atoms with Gasteiger partial charge in [-0.2, -0.15) is 0 Å². The molecule has 1 aromatic heterocycles. The number of aryl methyl sites for hydroxylation is 2. The number of fused-ring (bicyclic) bond motifs is 1. The monoisotopic (exact) mass is 270 g/mol. The van der Waals surface area contributed by atoms with Crippen LogP contribution in [-0.4, -0.2) is 9.55 Å². The van der Waals surface area contributed by atoms with Gasteiger partial charge in [0.2, 0.25) is 0 Å². The Morgan fingerprint density at radius 1 is 1.11 bits per heavy atom. The van der Waals surface area contributed by atoms with Crippen LogP contribution < -0.4 is 0 Å². The predicted molar refractivity (Wildman–Crippen MR) is 80.4 cm³/mol. The molecule has 0 bridgehead atoms. The van der Waals surface area contributed by atoms with E-state index in [0.29, 0.717) is 5.88 Å². The average Bonchev–Trinajstić information content (AvgIpc) is 2.78. The van der Waals surface area contributed by atoms with Crippen LogP contribution in [-0.2, 0) is 12.9 Å². The molecule has 0 fully saturated rings. The third-order valence-electron chi connectivity index (χ3n) is 3.46. The predicted octanol–water partition coefficient (Wildman–Crippen LogP) is 4.29. The van der Waals surface area contributed by atoms with Crippen molar-refractivity contribution in [2.45, 2.75) is 12.8 Å². The Balaban J connectivity index is 2.19. The minimum atomic E-state index is 0.544. The first-order chi connectivity index (χ1) is 9.20. The molecule has 2 aromatic carbocycles.